The first-order valence-electron chi connectivity index (χ1n) is 5.37. The van der Waals surface area contributed by atoms with E-state index in [1.54, 1.807) is 0 Å². The number of nitrogens with one attached hydrogen (secondary N) is 2. The number of imide groups is 1. The fourth-order valence-electron chi connectivity index (χ4n) is 2.38. The molecule has 3 amide bonds. The van der Waals surface area contributed by atoms with Crippen molar-refractivity contribution in [1.29, 1.82) is 0 Å². The summed E-state index contributed by atoms with van der Waals surface area (Å²) >= 11 is 0. The SMILES string of the molecule is O=C1NC(=O)[C@H](CC2CCCCC2)N1. The standard InChI is InChI=1S/C10H16N2O2/c13-9-8(11-10(14)12-9)6-7-4-2-1-3-5-7/h7-8H,1-6H2,(H2,11,12,13,14)/t8-/m0/s1. The van der Waals surface area contributed by atoms with E-state index in [0.29, 0.717) is 5.92 Å². The number of carbonyl (C=O) groups is 2. The van der Waals surface area contributed by atoms with Gasteiger partial charge in [0.1, 0.15) is 6.04 Å². The molecule has 1 heterocycles. The molecule has 78 valence electrons. The Labute approximate surface area is 83.4 Å². The molecule has 2 rings (SSSR count). The molecule has 0 radical (unpaired) electrons. The van der Waals surface area contributed by atoms with Crippen LogP contribution >= 0.6 is 0 Å². The Hall–Kier alpha value is -1.06. The fourth-order valence-corrected chi connectivity index (χ4v) is 2.38. The lowest BCUT2D eigenvalue weighted by Gasteiger charge is -2.23. The smallest absolute Gasteiger partial charge is 0.322 e. The van der Waals surface area contributed by atoms with Crippen molar-refractivity contribution >= 4 is 11.9 Å². The summed E-state index contributed by atoms with van der Waals surface area (Å²) in [4.78, 5) is 22.1. The van der Waals surface area contributed by atoms with Gasteiger partial charge in [-0.25, -0.2) is 4.79 Å². The molecule has 0 aromatic carbocycles. The average Bonchev–Trinajstić information content (AvgIpc) is 2.47. The van der Waals surface area contributed by atoms with Crippen LogP contribution in [0.2, 0.25) is 0 Å². The lowest BCUT2D eigenvalue weighted by Crippen LogP contribution is -2.31. The zero-order valence-corrected chi connectivity index (χ0v) is 8.21. The number of rotatable bonds is 2. The van der Waals surface area contributed by atoms with Gasteiger partial charge in [-0.2, -0.15) is 0 Å². The molecule has 0 bridgehead atoms. The maximum atomic E-state index is 11.3. The topological polar surface area (TPSA) is 58.2 Å². The highest BCUT2D eigenvalue weighted by Crippen LogP contribution is 2.27. The van der Waals surface area contributed by atoms with E-state index < -0.39 is 0 Å². The minimum absolute atomic E-state index is 0.152. The third-order valence-corrected chi connectivity index (χ3v) is 3.15. The molecule has 2 fully saturated rings. The van der Waals surface area contributed by atoms with Gasteiger partial charge < -0.3 is 5.32 Å². The van der Waals surface area contributed by atoms with E-state index in [1.807, 2.05) is 0 Å². The number of urea groups is 1. The van der Waals surface area contributed by atoms with E-state index in [9.17, 15) is 9.59 Å². The number of carbonyl (C=O) groups excluding carboxylic acids is 2. The average molecular weight is 196 g/mol. The van der Waals surface area contributed by atoms with Crippen molar-refractivity contribution in [2.24, 2.45) is 5.92 Å². The van der Waals surface area contributed by atoms with Crippen LogP contribution in [0.25, 0.3) is 0 Å². The van der Waals surface area contributed by atoms with Crippen LogP contribution in [0.4, 0.5) is 4.79 Å². The zero-order chi connectivity index (χ0) is 9.97. The van der Waals surface area contributed by atoms with Gasteiger partial charge in [0.2, 0.25) is 0 Å². The van der Waals surface area contributed by atoms with Gasteiger partial charge in [0.25, 0.3) is 5.91 Å². The van der Waals surface area contributed by atoms with Gasteiger partial charge in [0.05, 0.1) is 0 Å². The molecule has 14 heavy (non-hydrogen) atoms. The second-order valence-electron chi connectivity index (χ2n) is 4.26. The first kappa shape index (κ1) is 9.49. The molecule has 0 aromatic heterocycles. The van der Waals surface area contributed by atoms with E-state index in [4.69, 9.17) is 0 Å². The lowest BCUT2D eigenvalue weighted by atomic mass is 9.85. The van der Waals surface area contributed by atoms with Crippen LogP contribution in [0.5, 0.6) is 0 Å². The van der Waals surface area contributed by atoms with Crippen molar-refractivity contribution < 1.29 is 9.59 Å². The van der Waals surface area contributed by atoms with Gasteiger partial charge in [0, 0.05) is 0 Å². The van der Waals surface area contributed by atoms with E-state index in [1.165, 1.54) is 32.1 Å². The highest BCUT2D eigenvalue weighted by atomic mass is 16.2. The Morgan fingerprint density at radius 1 is 1.14 bits per heavy atom. The summed E-state index contributed by atoms with van der Waals surface area (Å²) in [6.07, 6.45) is 7.09. The Morgan fingerprint density at radius 2 is 1.86 bits per heavy atom. The third kappa shape index (κ3) is 2.05. The molecular formula is C10H16N2O2. The molecule has 1 atom stereocenters. The minimum Gasteiger partial charge on any atom is -0.326 e. The summed E-state index contributed by atoms with van der Waals surface area (Å²) in [5.41, 5.74) is 0. The van der Waals surface area contributed by atoms with Crippen molar-refractivity contribution in [2.45, 2.75) is 44.6 Å². The van der Waals surface area contributed by atoms with Crippen LogP contribution in [0.1, 0.15) is 38.5 Å². The number of hydrogen-bond donors (Lipinski definition) is 2. The van der Waals surface area contributed by atoms with Crippen molar-refractivity contribution in [2.75, 3.05) is 0 Å². The lowest BCUT2D eigenvalue weighted by molar-refractivity contribution is -0.120. The summed E-state index contributed by atoms with van der Waals surface area (Å²) < 4.78 is 0. The van der Waals surface area contributed by atoms with Crippen LogP contribution in [-0.2, 0) is 4.79 Å². The first-order valence-corrected chi connectivity index (χ1v) is 5.37. The van der Waals surface area contributed by atoms with E-state index in [0.717, 1.165) is 6.42 Å². The van der Waals surface area contributed by atoms with Crippen LogP contribution in [0.3, 0.4) is 0 Å². The summed E-state index contributed by atoms with van der Waals surface area (Å²) in [6.45, 7) is 0. The van der Waals surface area contributed by atoms with Crippen LogP contribution in [-0.4, -0.2) is 18.0 Å². The molecule has 4 heteroatoms. The monoisotopic (exact) mass is 196 g/mol. The Bertz CT molecular complexity index is 247. The highest BCUT2D eigenvalue weighted by Gasteiger charge is 2.31. The number of hydrogen-bond acceptors (Lipinski definition) is 2. The second-order valence-corrected chi connectivity index (χ2v) is 4.26. The quantitative estimate of drug-likeness (QED) is 0.651. The summed E-state index contributed by atoms with van der Waals surface area (Å²) in [7, 11) is 0. The molecule has 4 nitrogen and oxygen atoms in total. The van der Waals surface area contributed by atoms with E-state index in [2.05, 4.69) is 10.6 Å². The van der Waals surface area contributed by atoms with Crippen molar-refractivity contribution in [3.05, 3.63) is 0 Å². The Kier molecular flexibility index (Phi) is 2.70. The normalized spacial score (nSPS) is 28.7. The first-order chi connectivity index (χ1) is 6.75. The molecule has 2 N–H and O–H groups in total. The summed E-state index contributed by atoms with van der Waals surface area (Å²) in [5, 5.41) is 4.92. The zero-order valence-electron chi connectivity index (χ0n) is 8.21. The molecule has 1 aliphatic heterocycles. The van der Waals surface area contributed by atoms with E-state index in [-0.39, 0.29) is 18.0 Å². The van der Waals surface area contributed by atoms with Crippen LogP contribution < -0.4 is 10.6 Å². The molecule has 2 aliphatic rings. The predicted molar refractivity (Wildman–Crippen MR) is 51.7 cm³/mol. The van der Waals surface area contributed by atoms with Gasteiger partial charge in [-0.1, -0.05) is 32.1 Å². The Balaban J connectivity index is 1.84. The fraction of sp³-hybridized carbons (Fsp3) is 0.800. The molecule has 1 saturated heterocycles. The third-order valence-electron chi connectivity index (χ3n) is 3.15. The summed E-state index contributed by atoms with van der Waals surface area (Å²) in [5.74, 6) is 0.471. The molecule has 1 saturated carbocycles. The molecule has 0 aromatic rings. The largest absolute Gasteiger partial charge is 0.326 e. The van der Waals surface area contributed by atoms with Crippen LogP contribution in [0, 0.1) is 5.92 Å². The van der Waals surface area contributed by atoms with Crippen LogP contribution in [0.15, 0.2) is 0 Å². The minimum atomic E-state index is -0.337. The predicted octanol–water partition coefficient (Wildman–Crippen LogP) is 1.16. The second kappa shape index (κ2) is 3.98. The van der Waals surface area contributed by atoms with Gasteiger partial charge in [-0.3, -0.25) is 10.1 Å². The maximum absolute atomic E-state index is 11.3. The van der Waals surface area contributed by atoms with Gasteiger partial charge in [-0.15, -0.1) is 0 Å². The Morgan fingerprint density at radius 3 is 2.43 bits per heavy atom. The molecule has 0 unspecified atom stereocenters. The maximum Gasteiger partial charge on any atom is 0.322 e. The van der Waals surface area contributed by atoms with Crippen molar-refractivity contribution in [3.63, 3.8) is 0 Å². The van der Waals surface area contributed by atoms with Gasteiger partial charge in [0.15, 0.2) is 0 Å². The number of amides is 3. The van der Waals surface area contributed by atoms with Crippen molar-refractivity contribution in [1.82, 2.24) is 10.6 Å². The molecule has 0 spiro atoms. The highest BCUT2D eigenvalue weighted by molar-refractivity contribution is 6.04. The molecule has 1 aliphatic carbocycles. The summed E-state index contributed by atoms with van der Waals surface area (Å²) in [6, 6.07) is -0.610. The van der Waals surface area contributed by atoms with Crippen molar-refractivity contribution in [3.8, 4) is 0 Å². The van der Waals surface area contributed by atoms with E-state index >= 15 is 0 Å². The van der Waals surface area contributed by atoms with Gasteiger partial charge in [-0.05, 0) is 12.3 Å². The molecular weight excluding hydrogens is 180 g/mol. The van der Waals surface area contributed by atoms with Gasteiger partial charge >= 0.3 is 6.03 Å².